The number of hydrogen-bond donors (Lipinski definition) is 1. The van der Waals surface area contributed by atoms with Crippen molar-refractivity contribution in [3.63, 3.8) is 0 Å². The van der Waals surface area contributed by atoms with Crippen molar-refractivity contribution in [2.45, 2.75) is 19.5 Å². The number of thiophene rings is 1. The van der Waals surface area contributed by atoms with Gasteiger partial charge in [0.1, 0.15) is 11.9 Å². The Morgan fingerprint density at radius 2 is 2.33 bits per heavy atom. The molecule has 0 aromatic carbocycles. The number of rotatable bonds is 6. The van der Waals surface area contributed by atoms with Crippen molar-refractivity contribution < 1.29 is 0 Å². The molecule has 1 atom stereocenters. The van der Waals surface area contributed by atoms with E-state index in [1.54, 1.807) is 11.3 Å². The van der Waals surface area contributed by atoms with Crippen LogP contribution in [0.5, 0.6) is 0 Å². The molecule has 0 aliphatic carbocycles. The summed E-state index contributed by atoms with van der Waals surface area (Å²) in [4.78, 5) is 5.77. The van der Waals surface area contributed by atoms with Gasteiger partial charge in [0.25, 0.3) is 0 Å². The van der Waals surface area contributed by atoms with Gasteiger partial charge in [-0.05, 0) is 23.9 Å². The number of imidazole rings is 1. The van der Waals surface area contributed by atoms with Crippen LogP contribution in [0.25, 0.3) is 0 Å². The number of nitrogens with zero attached hydrogens (tertiary/aromatic N) is 4. The molecule has 6 heteroatoms. The van der Waals surface area contributed by atoms with Gasteiger partial charge in [0.15, 0.2) is 0 Å². The second kappa shape index (κ2) is 6.24. The third-order valence-corrected chi connectivity index (χ3v) is 4.33. The quantitative estimate of drug-likeness (QED) is 0.760. The van der Waals surface area contributed by atoms with E-state index in [1.165, 1.54) is 10.4 Å². The standard InChI is InChI=1S/C15H19N5S/c1-12-10-18-20(11-12)8-6-16-14(13-4-3-9-21-13)15-17-5-7-19(15)2/h3-5,7,9-11,14,16H,6,8H2,1-2H3. The van der Waals surface area contributed by atoms with Gasteiger partial charge in [0.2, 0.25) is 0 Å². The smallest absolute Gasteiger partial charge is 0.131 e. The maximum atomic E-state index is 4.49. The van der Waals surface area contributed by atoms with Crippen LogP contribution in [0.3, 0.4) is 0 Å². The molecule has 3 heterocycles. The Hall–Kier alpha value is -1.92. The molecule has 1 unspecified atom stereocenters. The van der Waals surface area contributed by atoms with Crippen molar-refractivity contribution in [3.8, 4) is 0 Å². The SMILES string of the molecule is Cc1cnn(CCNC(c2cccs2)c2nccn2C)c1. The average molecular weight is 301 g/mol. The van der Waals surface area contributed by atoms with Gasteiger partial charge in [-0.1, -0.05) is 6.07 Å². The lowest BCUT2D eigenvalue weighted by Gasteiger charge is -2.17. The second-order valence-electron chi connectivity index (χ2n) is 5.08. The predicted octanol–water partition coefficient (Wildman–Crippen LogP) is 2.37. The van der Waals surface area contributed by atoms with Gasteiger partial charge >= 0.3 is 0 Å². The van der Waals surface area contributed by atoms with Crippen molar-refractivity contribution in [2.24, 2.45) is 7.05 Å². The van der Waals surface area contributed by atoms with E-state index >= 15 is 0 Å². The Labute approximate surface area is 128 Å². The summed E-state index contributed by atoms with van der Waals surface area (Å²) < 4.78 is 4.03. The van der Waals surface area contributed by atoms with E-state index in [1.807, 2.05) is 30.3 Å². The molecule has 110 valence electrons. The normalized spacial score (nSPS) is 12.7. The van der Waals surface area contributed by atoms with Gasteiger partial charge in [-0.15, -0.1) is 11.3 Å². The maximum absolute atomic E-state index is 4.49. The van der Waals surface area contributed by atoms with Gasteiger partial charge in [-0.2, -0.15) is 5.10 Å². The van der Waals surface area contributed by atoms with Gasteiger partial charge in [-0.25, -0.2) is 4.98 Å². The highest BCUT2D eigenvalue weighted by Gasteiger charge is 2.18. The molecule has 3 rings (SSSR count). The molecule has 3 aromatic heterocycles. The first-order valence-electron chi connectivity index (χ1n) is 6.97. The molecule has 1 N–H and O–H groups in total. The monoisotopic (exact) mass is 301 g/mol. The van der Waals surface area contributed by atoms with E-state index in [-0.39, 0.29) is 6.04 Å². The maximum Gasteiger partial charge on any atom is 0.131 e. The molecule has 0 radical (unpaired) electrons. The molecular weight excluding hydrogens is 282 g/mol. The van der Waals surface area contributed by atoms with Crippen LogP contribution < -0.4 is 5.32 Å². The van der Waals surface area contributed by atoms with Crippen LogP contribution in [0, 0.1) is 6.92 Å². The fraction of sp³-hybridized carbons (Fsp3) is 0.333. The molecule has 0 spiro atoms. The molecule has 0 aliphatic rings. The zero-order chi connectivity index (χ0) is 14.7. The fourth-order valence-electron chi connectivity index (χ4n) is 2.34. The minimum absolute atomic E-state index is 0.127. The first-order chi connectivity index (χ1) is 10.2. The predicted molar refractivity (Wildman–Crippen MR) is 84.3 cm³/mol. The Kier molecular flexibility index (Phi) is 4.17. The van der Waals surface area contributed by atoms with Crippen molar-refractivity contribution >= 4 is 11.3 Å². The second-order valence-corrected chi connectivity index (χ2v) is 6.06. The molecule has 0 amide bonds. The zero-order valence-electron chi connectivity index (χ0n) is 12.2. The van der Waals surface area contributed by atoms with E-state index in [2.05, 4.69) is 50.6 Å². The summed E-state index contributed by atoms with van der Waals surface area (Å²) in [5, 5.41) is 10.0. The number of hydrogen-bond acceptors (Lipinski definition) is 4. The van der Waals surface area contributed by atoms with Crippen molar-refractivity contribution in [2.75, 3.05) is 6.54 Å². The van der Waals surface area contributed by atoms with Crippen LogP contribution in [0.1, 0.15) is 22.3 Å². The van der Waals surface area contributed by atoms with Gasteiger partial charge in [0, 0.05) is 37.1 Å². The van der Waals surface area contributed by atoms with E-state index in [0.717, 1.165) is 18.9 Å². The number of aryl methyl sites for hydroxylation is 2. The molecule has 5 nitrogen and oxygen atoms in total. The Balaban J connectivity index is 1.70. The van der Waals surface area contributed by atoms with Crippen LogP contribution in [0.2, 0.25) is 0 Å². The van der Waals surface area contributed by atoms with E-state index < -0.39 is 0 Å². The highest BCUT2D eigenvalue weighted by molar-refractivity contribution is 7.10. The van der Waals surface area contributed by atoms with Gasteiger partial charge in [-0.3, -0.25) is 4.68 Å². The Morgan fingerprint density at radius 3 is 2.95 bits per heavy atom. The summed E-state index contributed by atoms with van der Waals surface area (Å²) in [6.45, 7) is 3.75. The van der Waals surface area contributed by atoms with Crippen molar-refractivity contribution in [1.82, 2.24) is 24.6 Å². The largest absolute Gasteiger partial charge is 0.336 e. The molecule has 0 bridgehead atoms. The molecule has 0 saturated heterocycles. The molecule has 3 aromatic rings. The summed E-state index contributed by atoms with van der Waals surface area (Å²) in [7, 11) is 2.03. The van der Waals surface area contributed by atoms with Crippen LogP contribution in [0.4, 0.5) is 0 Å². The Bertz CT molecular complexity index is 683. The third kappa shape index (κ3) is 3.22. The summed E-state index contributed by atoms with van der Waals surface area (Å²) in [5.41, 5.74) is 1.19. The molecule has 21 heavy (non-hydrogen) atoms. The summed E-state index contributed by atoms with van der Waals surface area (Å²) in [5.74, 6) is 1.04. The van der Waals surface area contributed by atoms with Crippen LogP contribution in [-0.2, 0) is 13.6 Å². The highest BCUT2D eigenvalue weighted by Crippen LogP contribution is 2.24. The van der Waals surface area contributed by atoms with E-state index in [4.69, 9.17) is 0 Å². The minimum Gasteiger partial charge on any atom is -0.336 e. The highest BCUT2D eigenvalue weighted by atomic mass is 32.1. The average Bonchev–Trinajstić information content (AvgIpc) is 3.18. The fourth-order valence-corrected chi connectivity index (χ4v) is 3.14. The lowest BCUT2D eigenvalue weighted by molar-refractivity contribution is 0.506. The number of nitrogens with one attached hydrogen (secondary N) is 1. The van der Waals surface area contributed by atoms with Gasteiger partial charge < -0.3 is 9.88 Å². The summed E-state index contributed by atoms with van der Waals surface area (Å²) in [6, 6.07) is 4.35. The zero-order valence-corrected chi connectivity index (χ0v) is 13.0. The Morgan fingerprint density at radius 1 is 1.43 bits per heavy atom. The van der Waals surface area contributed by atoms with Crippen LogP contribution >= 0.6 is 11.3 Å². The van der Waals surface area contributed by atoms with E-state index in [9.17, 15) is 0 Å². The molecule has 0 aliphatic heterocycles. The van der Waals surface area contributed by atoms with Gasteiger partial charge in [0.05, 0.1) is 12.7 Å². The van der Waals surface area contributed by atoms with Crippen molar-refractivity contribution in [3.05, 3.63) is 58.6 Å². The third-order valence-electron chi connectivity index (χ3n) is 3.40. The topological polar surface area (TPSA) is 47.7 Å². The first kappa shape index (κ1) is 14.0. The minimum atomic E-state index is 0.127. The summed E-state index contributed by atoms with van der Waals surface area (Å²) >= 11 is 1.75. The first-order valence-corrected chi connectivity index (χ1v) is 7.85. The van der Waals surface area contributed by atoms with E-state index in [0.29, 0.717) is 0 Å². The molecular formula is C15H19N5S. The van der Waals surface area contributed by atoms with Crippen molar-refractivity contribution in [1.29, 1.82) is 0 Å². The lowest BCUT2D eigenvalue weighted by atomic mass is 10.2. The molecule has 0 fully saturated rings. The van der Waals surface area contributed by atoms with Crippen LogP contribution in [0.15, 0.2) is 42.3 Å². The summed E-state index contributed by atoms with van der Waals surface area (Å²) in [6.07, 6.45) is 7.76. The lowest BCUT2D eigenvalue weighted by Crippen LogP contribution is -2.27. The molecule has 0 saturated carbocycles. The van der Waals surface area contributed by atoms with Crippen LogP contribution in [-0.4, -0.2) is 25.9 Å². The number of aromatic nitrogens is 4.